The molecule has 0 N–H and O–H groups in total. The molecule has 8 aromatic carbocycles. The lowest BCUT2D eigenvalue weighted by Gasteiger charge is -2.24. The Labute approximate surface area is 233 Å². The van der Waals surface area contributed by atoms with Crippen LogP contribution in [0.15, 0.2) is 146 Å². The molecule has 1 heteroatoms. The molecule has 0 saturated carbocycles. The maximum Gasteiger partial charge on any atom is 0.0488 e. The zero-order chi connectivity index (χ0) is 26.6. The van der Waals surface area contributed by atoms with Crippen LogP contribution in [-0.4, -0.2) is 7.05 Å². The van der Waals surface area contributed by atoms with E-state index < -0.39 is 0 Å². The molecule has 8 rings (SSSR count). The van der Waals surface area contributed by atoms with E-state index in [1.54, 1.807) is 0 Å². The molecule has 0 radical (unpaired) electrons. The second-order valence-corrected chi connectivity index (χ2v) is 10.6. The van der Waals surface area contributed by atoms with Crippen molar-refractivity contribution < 1.29 is 0 Å². The molecular weight excluding hydrogens is 482 g/mol. The lowest BCUT2D eigenvalue weighted by atomic mass is 9.89. The Hall–Kier alpha value is -5.14. The molecule has 0 aliphatic heterocycles. The van der Waals surface area contributed by atoms with Crippen LogP contribution in [0.4, 0.5) is 11.4 Å². The number of nitrogens with zero attached hydrogens (tertiary/aromatic N) is 1. The summed E-state index contributed by atoms with van der Waals surface area (Å²) in [6.45, 7) is 0. The molecule has 188 valence electrons. The summed E-state index contributed by atoms with van der Waals surface area (Å²) in [5.41, 5.74) is 7.31. The summed E-state index contributed by atoms with van der Waals surface area (Å²) < 4.78 is 0. The molecular formula is C39H27N. The number of rotatable bonds is 4. The van der Waals surface area contributed by atoms with Gasteiger partial charge < -0.3 is 4.90 Å². The van der Waals surface area contributed by atoms with Crippen LogP contribution in [0, 0.1) is 0 Å². The van der Waals surface area contributed by atoms with Crippen molar-refractivity contribution in [3.63, 3.8) is 0 Å². The zero-order valence-electron chi connectivity index (χ0n) is 22.3. The Morgan fingerprint density at radius 1 is 0.350 bits per heavy atom. The monoisotopic (exact) mass is 509 g/mol. The number of anilines is 2. The van der Waals surface area contributed by atoms with Crippen LogP contribution in [0.5, 0.6) is 0 Å². The molecule has 0 spiro atoms. The van der Waals surface area contributed by atoms with Gasteiger partial charge in [0.15, 0.2) is 0 Å². The van der Waals surface area contributed by atoms with E-state index in [-0.39, 0.29) is 0 Å². The summed E-state index contributed by atoms with van der Waals surface area (Å²) in [5.74, 6) is 0. The first kappa shape index (κ1) is 22.8. The lowest BCUT2D eigenvalue weighted by molar-refractivity contribution is 1.22. The second kappa shape index (κ2) is 8.97. The number of fused-ring (bicyclic) bond motifs is 2. The normalized spacial score (nSPS) is 11.6. The van der Waals surface area contributed by atoms with Gasteiger partial charge in [0.05, 0.1) is 0 Å². The molecule has 8 aromatic rings. The van der Waals surface area contributed by atoms with Crippen molar-refractivity contribution in [3.8, 4) is 22.3 Å². The second-order valence-electron chi connectivity index (χ2n) is 10.6. The minimum atomic E-state index is 1.17. The van der Waals surface area contributed by atoms with Crippen molar-refractivity contribution in [2.45, 2.75) is 0 Å². The van der Waals surface area contributed by atoms with Crippen LogP contribution in [-0.2, 0) is 0 Å². The van der Waals surface area contributed by atoms with Crippen molar-refractivity contribution in [3.05, 3.63) is 146 Å². The Kier molecular flexibility index (Phi) is 5.11. The Morgan fingerprint density at radius 2 is 0.825 bits per heavy atom. The molecule has 0 atom stereocenters. The molecule has 0 aromatic heterocycles. The average Bonchev–Trinajstić information content (AvgIpc) is 3.03. The van der Waals surface area contributed by atoms with E-state index in [1.165, 1.54) is 76.7 Å². The van der Waals surface area contributed by atoms with E-state index >= 15 is 0 Å². The summed E-state index contributed by atoms with van der Waals surface area (Å²) in [5, 5.41) is 10.6. The smallest absolute Gasteiger partial charge is 0.0488 e. The first-order valence-electron chi connectivity index (χ1n) is 13.8. The van der Waals surface area contributed by atoms with Crippen LogP contribution >= 0.6 is 0 Å². The molecule has 0 unspecified atom stereocenters. The van der Waals surface area contributed by atoms with E-state index in [9.17, 15) is 0 Å². The van der Waals surface area contributed by atoms with Gasteiger partial charge in [0.2, 0.25) is 0 Å². The van der Waals surface area contributed by atoms with Gasteiger partial charge in [-0.25, -0.2) is 0 Å². The molecule has 0 aliphatic carbocycles. The molecule has 0 fully saturated rings. The minimum absolute atomic E-state index is 1.17. The SMILES string of the molecule is CN(c1ccc(-c2ccc(-c3ccccc3)cc2)cc1)c1ccc2c3cccc4cccc(c5cccc1c52)c43. The lowest BCUT2D eigenvalue weighted by Crippen LogP contribution is -2.10. The predicted molar refractivity (Wildman–Crippen MR) is 173 cm³/mol. The van der Waals surface area contributed by atoms with Gasteiger partial charge >= 0.3 is 0 Å². The van der Waals surface area contributed by atoms with E-state index in [2.05, 4.69) is 158 Å². The summed E-state index contributed by atoms with van der Waals surface area (Å²) in [4.78, 5) is 2.31. The van der Waals surface area contributed by atoms with Gasteiger partial charge in [-0.1, -0.05) is 127 Å². The van der Waals surface area contributed by atoms with Crippen LogP contribution in [0.1, 0.15) is 0 Å². The van der Waals surface area contributed by atoms with Gasteiger partial charge in [-0.05, 0) is 78.2 Å². The molecule has 1 nitrogen and oxygen atoms in total. The van der Waals surface area contributed by atoms with Gasteiger partial charge in [0, 0.05) is 23.8 Å². The number of benzene rings is 8. The van der Waals surface area contributed by atoms with Gasteiger partial charge in [-0.2, -0.15) is 0 Å². The maximum absolute atomic E-state index is 2.31. The summed E-state index contributed by atoms with van der Waals surface area (Å²) in [6, 6.07) is 53.0. The third kappa shape index (κ3) is 3.48. The van der Waals surface area contributed by atoms with E-state index in [1.807, 2.05) is 0 Å². The zero-order valence-corrected chi connectivity index (χ0v) is 22.3. The third-order valence-electron chi connectivity index (χ3n) is 8.44. The fourth-order valence-electron chi connectivity index (χ4n) is 6.42. The summed E-state index contributed by atoms with van der Waals surface area (Å²) in [6.07, 6.45) is 0. The van der Waals surface area contributed by atoms with Crippen LogP contribution in [0.3, 0.4) is 0 Å². The number of hydrogen-bond acceptors (Lipinski definition) is 1. The molecule has 0 heterocycles. The Balaban J connectivity index is 1.19. The maximum atomic E-state index is 2.31. The highest BCUT2D eigenvalue weighted by molar-refractivity contribution is 6.34. The quantitative estimate of drug-likeness (QED) is 0.168. The standard InChI is InChI=1S/C39H27N/c1-40(31-22-20-29(21-23-31)28-18-16-27(17-19-28)26-8-3-2-4-9-26)37-25-24-35-33-13-6-11-30-10-5-12-32(38(30)33)34-14-7-15-36(37)39(34)35/h2-25H,1H3. The van der Waals surface area contributed by atoms with Gasteiger partial charge in [-0.15, -0.1) is 0 Å². The highest BCUT2D eigenvalue weighted by Crippen LogP contribution is 2.43. The minimum Gasteiger partial charge on any atom is -0.344 e. The van der Waals surface area contributed by atoms with Crippen LogP contribution in [0.25, 0.3) is 65.3 Å². The van der Waals surface area contributed by atoms with Crippen LogP contribution < -0.4 is 4.90 Å². The van der Waals surface area contributed by atoms with Crippen molar-refractivity contribution >= 4 is 54.5 Å². The van der Waals surface area contributed by atoms with Crippen molar-refractivity contribution in [2.75, 3.05) is 11.9 Å². The average molecular weight is 510 g/mol. The fraction of sp³-hybridized carbons (Fsp3) is 0.0256. The molecule has 0 aliphatic rings. The molecule has 0 bridgehead atoms. The van der Waals surface area contributed by atoms with Gasteiger partial charge in [-0.3, -0.25) is 0 Å². The highest BCUT2D eigenvalue weighted by atomic mass is 15.1. The Morgan fingerprint density at radius 3 is 1.45 bits per heavy atom. The summed E-state index contributed by atoms with van der Waals surface area (Å²) >= 11 is 0. The van der Waals surface area contributed by atoms with Crippen molar-refractivity contribution in [1.82, 2.24) is 0 Å². The van der Waals surface area contributed by atoms with E-state index in [0.29, 0.717) is 0 Å². The van der Waals surface area contributed by atoms with Crippen molar-refractivity contribution in [2.24, 2.45) is 0 Å². The molecule has 0 saturated heterocycles. The fourth-order valence-corrected chi connectivity index (χ4v) is 6.42. The first-order valence-corrected chi connectivity index (χ1v) is 13.8. The van der Waals surface area contributed by atoms with Gasteiger partial charge in [0.1, 0.15) is 0 Å². The third-order valence-corrected chi connectivity index (χ3v) is 8.44. The molecule has 40 heavy (non-hydrogen) atoms. The van der Waals surface area contributed by atoms with Crippen molar-refractivity contribution in [1.29, 1.82) is 0 Å². The van der Waals surface area contributed by atoms with E-state index in [4.69, 9.17) is 0 Å². The van der Waals surface area contributed by atoms with E-state index in [0.717, 1.165) is 0 Å². The number of hydrogen-bond donors (Lipinski definition) is 0. The van der Waals surface area contributed by atoms with Gasteiger partial charge in [0.25, 0.3) is 0 Å². The molecule has 0 amide bonds. The Bertz CT molecular complexity index is 2090. The highest BCUT2D eigenvalue weighted by Gasteiger charge is 2.16. The topological polar surface area (TPSA) is 3.24 Å². The summed E-state index contributed by atoms with van der Waals surface area (Å²) in [7, 11) is 2.17. The first-order chi connectivity index (χ1) is 19.8. The predicted octanol–water partition coefficient (Wildman–Crippen LogP) is 10.8. The largest absolute Gasteiger partial charge is 0.344 e. The van der Waals surface area contributed by atoms with Crippen LogP contribution in [0.2, 0.25) is 0 Å².